The second-order valence-electron chi connectivity index (χ2n) is 6.62. The fraction of sp³-hybridized carbons (Fsp3) is 0.562. The molecule has 0 unspecified atom stereocenters. The van der Waals surface area contributed by atoms with Crippen LogP contribution in [-0.4, -0.2) is 32.7 Å². The quantitative estimate of drug-likeness (QED) is 0.847. The molecule has 1 aromatic carbocycles. The number of sulfonamides is 1. The van der Waals surface area contributed by atoms with Gasteiger partial charge in [-0.1, -0.05) is 17.7 Å². The molecule has 1 rings (SSSR count). The summed E-state index contributed by atoms with van der Waals surface area (Å²) in [6, 6.07) is 5.16. The van der Waals surface area contributed by atoms with Crippen molar-refractivity contribution >= 4 is 33.2 Å². The molecule has 0 bridgehead atoms. The summed E-state index contributed by atoms with van der Waals surface area (Å²) in [7, 11) is -3.45. The number of carbonyl (C=O) groups is 1. The molecule has 5 nitrogen and oxygen atoms in total. The van der Waals surface area contributed by atoms with Crippen LogP contribution in [0.4, 0.5) is 5.69 Å². The van der Waals surface area contributed by atoms with Crippen molar-refractivity contribution in [1.82, 2.24) is 5.32 Å². The maximum atomic E-state index is 12.1. The average molecular weight is 361 g/mol. The van der Waals surface area contributed by atoms with E-state index in [0.29, 0.717) is 22.7 Å². The maximum absolute atomic E-state index is 12.1. The zero-order valence-electron chi connectivity index (χ0n) is 14.3. The number of nitrogens with zero attached hydrogens (tertiary/aromatic N) is 1. The van der Waals surface area contributed by atoms with Crippen molar-refractivity contribution in [2.24, 2.45) is 0 Å². The number of hydrogen-bond donors (Lipinski definition) is 1. The van der Waals surface area contributed by atoms with E-state index in [-0.39, 0.29) is 24.4 Å². The smallest absolute Gasteiger partial charge is 0.232 e. The van der Waals surface area contributed by atoms with Crippen molar-refractivity contribution in [3.63, 3.8) is 0 Å². The fourth-order valence-electron chi connectivity index (χ4n) is 2.20. The Balaban J connectivity index is 2.83. The Bertz CT molecular complexity index is 666. The van der Waals surface area contributed by atoms with Crippen LogP contribution in [0.5, 0.6) is 0 Å². The Morgan fingerprint density at radius 1 is 1.30 bits per heavy atom. The van der Waals surface area contributed by atoms with E-state index in [2.05, 4.69) is 5.32 Å². The number of rotatable bonds is 6. The van der Waals surface area contributed by atoms with Gasteiger partial charge in [0.1, 0.15) is 0 Å². The second-order valence-corrected chi connectivity index (χ2v) is 8.93. The summed E-state index contributed by atoms with van der Waals surface area (Å²) in [6.45, 7) is 7.73. The molecule has 1 N–H and O–H groups in total. The van der Waals surface area contributed by atoms with Gasteiger partial charge in [-0.15, -0.1) is 0 Å². The Morgan fingerprint density at radius 3 is 2.43 bits per heavy atom. The molecule has 1 aromatic rings. The van der Waals surface area contributed by atoms with Crippen molar-refractivity contribution in [1.29, 1.82) is 0 Å². The Hall–Kier alpha value is -1.27. The molecule has 0 heterocycles. The molecule has 0 aromatic heterocycles. The molecule has 0 aliphatic carbocycles. The predicted molar refractivity (Wildman–Crippen MR) is 95.5 cm³/mol. The lowest BCUT2D eigenvalue weighted by Gasteiger charge is -2.25. The van der Waals surface area contributed by atoms with Gasteiger partial charge in [0.2, 0.25) is 15.9 Å². The van der Waals surface area contributed by atoms with E-state index in [9.17, 15) is 13.2 Å². The lowest BCUT2D eigenvalue weighted by atomic mass is 10.1. The third-order valence-electron chi connectivity index (χ3n) is 3.19. The Kier molecular flexibility index (Phi) is 6.48. The van der Waals surface area contributed by atoms with Gasteiger partial charge >= 0.3 is 0 Å². The van der Waals surface area contributed by atoms with Gasteiger partial charge in [-0.2, -0.15) is 0 Å². The molecule has 1 amide bonds. The van der Waals surface area contributed by atoms with E-state index in [1.165, 1.54) is 4.31 Å². The van der Waals surface area contributed by atoms with E-state index in [1.807, 2.05) is 20.8 Å². The molecular weight excluding hydrogens is 336 g/mol. The Labute approximate surface area is 144 Å². The highest BCUT2D eigenvalue weighted by Crippen LogP contribution is 2.28. The van der Waals surface area contributed by atoms with Crippen LogP contribution in [0, 0.1) is 6.92 Å². The first kappa shape index (κ1) is 19.8. The molecule has 0 atom stereocenters. The van der Waals surface area contributed by atoms with Crippen LogP contribution in [0.15, 0.2) is 18.2 Å². The lowest BCUT2D eigenvalue weighted by Crippen LogP contribution is -2.41. The normalized spacial score (nSPS) is 12.1. The second kappa shape index (κ2) is 7.53. The van der Waals surface area contributed by atoms with Gasteiger partial charge in [-0.05, 0) is 51.8 Å². The topological polar surface area (TPSA) is 66.5 Å². The number of halogens is 1. The molecule has 0 saturated heterocycles. The first-order chi connectivity index (χ1) is 10.4. The molecular formula is C16H25ClN2O3S. The van der Waals surface area contributed by atoms with Crippen molar-refractivity contribution < 1.29 is 13.2 Å². The van der Waals surface area contributed by atoms with Gasteiger partial charge in [0.05, 0.1) is 11.9 Å². The molecule has 0 radical (unpaired) electrons. The minimum Gasteiger partial charge on any atom is -0.352 e. The van der Waals surface area contributed by atoms with Gasteiger partial charge in [-0.3, -0.25) is 9.10 Å². The van der Waals surface area contributed by atoms with Crippen molar-refractivity contribution in [2.75, 3.05) is 17.1 Å². The van der Waals surface area contributed by atoms with Gasteiger partial charge in [-0.25, -0.2) is 8.42 Å². The van der Waals surface area contributed by atoms with E-state index in [1.54, 1.807) is 25.1 Å². The van der Waals surface area contributed by atoms with Gasteiger partial charge < -0.3 is 5.32 Å². The fourth-order valence-corrected chi connectivity index (χ4v) is 3.38. The molecule has 0 saturated carbocycles. The van der Waals surface area contributed by atoms with Crippen molar-refractivity contribution in [3.8, 4) is 0 Å². The van der Waals surface area contributed by atoms with Crippen LogP contribution in [0.3, 0.4) is 0 Å². The van der Waals surface area contributed by atoms with Gasteiger partial charge in [0, 0.05) is 23.5 Å². The lowest BCUT2D eigenvalue weighted by molar-refractivity contribution is -0.122. The molecule has 130 valence electrons. The number of benzene rings is 1. The standard InChI is InChI=1S/C16H25ClN2O3S/c1-12-13(17)8-6-9-14(12)19(23(5,21)22)11-7-10-15(20)18-16(2,3)4/h6,8-9H,7,10-11H2,1-5H3,(H,18,20). The summed E-state index contributed by atoms with van der Waals surface area (Å²) in [4.78, 5) is 11.8. The summed E-state index contributed by atoms with van der Waals surface area (Å²) in [5.41, 5.74) is 0.965. The van der Waals surface area contributed by atoms with Gasteiger partial charge in [0.15, 0.2) is 0 Å². The van der Waals surface area contributed by atoms with Crippen LogP contribution in [0.25, 0.3) is 0 Å². The summed E-state index contributed by atoms with van der Waals surface area (Å²) < 4.78 is 25.5. The predicted octanol–water partition coefficient (Wildman–Crippen LogP) is 3.11. The molecule has 23 heavy (non-hydrogen) atoms. The van der Waals surface area contributed by atoms with Crippen LogP contribution < -0.4 is 9.62 Å². The van der Waals surface area contributed by atoms with Gasteiger partial charge in [0.25, 0.3) is 0 Å². The highest BCUT2D eigenvalue weighted by Gasteiger charge is 2.21. The molecule has 0 fully saturated rings. The zero-order valence-corrected chi connectivity index (χ0v) is 15.9. The zero-order chi connectivity index (χ0) is 17.8. The number of anilines is 1. The summed E-state index contributed by atoms with van der Waals surface area (Å²) in [5, 5.41) is 3.38. The van der Waals surface area contributed by atoms with E-state index < -0.39 is 10.0 Å². The number of nitrogens with one attached hydrogen (secondary N) is 1. The van der Waals surface area contributed by atoms with Crippen molar-refractivity contribution in [2.45, 2.75) is 46.1 Å². The number of hydrogen-bond acceptors (Lipinski definition) is 3. The monoisotopic (exact) mass is 360 g/mol. The summed E-state index contributed by atoms with van der Waals surface area (Å²) in [6.07, 6.45) is 1.85. The average Bonchev–Trinajstić information content (AvgIpc) is 2.35. The third kappa shape index (κ3) is 6.39. The summed E-state index contributed by atoms with van der Waals surface area (Å²) >= 11 is 6.08. The molecule has 0 spiro atoms. The van der Waals surface area contributed by atoms with Crippen molar-refractivity contribution in [3.05, 3.63) is 28.8 Å². The third-order valence-corrected chi connectivity index (χ3v) is 4.78. The summed E-state index contributed by atoms with van der Waals surface area (Å²) in [5.74, 6) is -0.0891. The molecule has 0 aliphatic rings. The van der Waals surface area contributed by atoms with Crippen LogP contribution in [0.2, 0.25) is 5.02 Å². The van der Waals surface area contributed by atoms with E-state index in [4.69, 9.17) is 11.6 Å². The highest BCUT2D eigenvalue weighted by atomic mass is 35.5. The minimum atomic E-state index is -3.45. The molecule has 7 heteroatoms. The number of amides is 1. The Morgan fingerprint density at radius 2 is 1.91 bits per heavy atom. The SMILES string of the molecule is Cc1c(Cl)cccc1N(CCCC(=O)NC(C)(C)C)S(C)(=O)=O. The maximum Gasteiger partial charge on any atom is 0.232 e. The molecule has 0 aliphatic heterocycles. The highest BCUT2D eigenvalue weighted by molar-refractivity contribution is 7.92. The van der Waals surface area contributed by atoms with Crippen LogP contribution in [0.1, 0.15) is 39.2 Å². The number of carbonyl (C=O) groups excluding carboxylic acids is 1. The first-order valence-electron chi connectivity index (χ1n) is 7.45. The van der Waals surface area contributed by atoms with E-state index >= 15 is 0 Å². The van der Waals surface area contributed by atoms with Crippen LogP contribution in [-0.2, 0) is 14.8 Å². The first-order valence-corrected chi connectivity index (χ1v) is 9.68. The van der Waals surface area contributed by atoms with E-state index in [0.717, 1.165) is 6.26 Å². The minimum absolute atomic E-state index is 0.0891. The largest absolute Gasteiger partial charge is 0.352 e. The van der Waals surface area contributed by atoms with Crippen LogP contribution >= 0.6 is 11.6 Å².